The van der Waals surface area contributed by atoms with E-state index in [0.29, 0.717) is 22.7 Å². The van der Waals surface area contributed by atoms with E-state index in [1.165, 1.54) is 30.3 Å². The van der Waals surface area contributed by atoms with Crippen LogP contribution in [0.15, 0.2) is 47.2 Å². The monoisotopic (exact) mass is 375 g/mol. The van der Waals surface area contributed by atoms with Crippen LogP contribution in [0, 0.1) is 13.8 Å². The molecule has 1 aromatic carbocycles. The number of benzene rings is 1. The second-order valence-corrected chi connectivity index (χ2v) is 6.03. The van der Waals surface area contributed by atoms with Gasteiger partial charge in [-0.2, -0.15) is 13.2 Å². The van der Waals surface area contributed by atoms with Gasteiger partial charge in [0, 0.05) is 29.9 Å². The fourth-order valence-electron chi connectivity index (χ4n) is 2.86. The topological polar surface area (TPSA) is 59.2 Å². The van der Waals surface area contributed by atoms with Crippen molar-refractivity contribution in [3.05, 3.63) is 65.3 Å². The lowest BCUT2D eigenvalue weighted by molar-refractivity contribution is -0.137. The number of carbonyl (C=O) groups excluding carboxylic acids is 1. The largest absolute Gasteiger partial charge is 0.416 e. The molecule has 0 aliphatic heterocycles. The lowest BCUT2D eigenvalue weighted by Crippen LogP contribution is -2.27. The first-order valence-electron chi connectivity index (χ1n) is 8.02. The second-order valence-electron chi connectivity index (χ2n) is 6.03. The summed E-state index contributed by atoms with van der Waals surface area (Å²) in [6.07, 6.45) is -1.48. The first-order valence-corrected chi connectivity index (χ1v) is 8.02. The minimum absolute atomic E-state index is 0.0686. The Bertz CT molecular complexity index is 976. The fraction of sp³-hybridized carbons (Fsp3) is 0.211. The minimum atomic E-state index is -4.52. The molecule has 5 nitrogen and oxygen atoms in total. The van der Waals surface area contributed by atoms with Crippen LogP contribution in [0.1, 0.15) is 27.4 Å². The van der Waals surface area contributed by atoms with Crippen LogP contribution >= 0.6 is 0 Å². The second kappa shape index (κ2) is 6.86. The Balaban J connectivity index is 2.03. The third-order valence-corrected chi connectivity index (χ3v) is 4.21. The quantitative estimate of drug-likeness (QED) is 0.669. The Morgan fingerprint density at radius 2 is 1.93 bits per heavy atom. The number of alkyl halides is 3. The highest BCUT2D eigenvalue weighted by atomic mass is 19.4. The molecule has 140 valence electrons. The Labute approximate surface area is 153 Å². The summed E-state index contributed by atoms with van der Waals surface area (Å²) in [5.74, 6) is -0.0121. The van der Waals surface area contributed by atoms with Gasteiger partial charge >= 0.3 is 6.18 Å². The van der Waals surface area contributed by atoms with Crippen LogP contribution in [0.5, 0.6) is 0 Å². The molecule has 0 unspecified atom stereocenters. The summed E-state index contributed by atoms with van der Waals surface area (Å²) < 4.78 is 44.0. The average Bonchev–Trinajstić information content (AvgIpc) is 2.98. The molecular formula is C19H16F3N3O2. The molecule has 27 heavy (non-hydrogen) atoms. The number of nitrogens with zero attached hydrogens (tertiary/aromatic N) is 3. The molecular weight excluding hydrogens is 359 g/mol. The predicted molar refractivity (Wildman–Crippen MR) is 93.4 cm³/mol. The number of anilines is 1. The van der Waals surface area contributed by atoms with Crippen LogP contribution < -0.4 is 4.90 Å². The van der Waals surface area contributed by atoms with Crippen molar-refractivity contribution in [2.75, 3.05) is 11.9 Å². The Morgan fingerprint density at radius 3 is 2.56 bits per heavy atom. The molecule has 1 amide bonds. The highest BCUT2D eigenvalue weighted by Crippen LogP contribution is 2.35. The maximum atomic E-state index is 12.9. The standard InChI is InChI=1S/C19H16F3N3O2/c1-11-17(12(2)27-24-11)15-7-8-23-10-16(15)25(3)18(26)13-5-4-6-14(9-13)19(20,21)22/h4-10H,1-3H3. The first-order chi connectivity index (χ1) is 12.7. The smallest absolute Gasteiger partial charge is 0.361 e. The number of amides is 1. The van der Waals surface area contributed by atoms with Crippen molar-refractivity contribution in [2.45, 2.75) is 20.0 Å². The molecule has 0 saturated heterocycles. The summed E-state index contributed by atoms with van der Waals surface area (Å²) in [7, 11) is 1.49. The number of pyridine rings is 1. The van der Waals surface area contributed by atoms with E-state index < -0.39 is 17.6 Å². The average molecular weight is 375 g/mol. The number of rotatable bonds is 3. The molecule has 0 bridgehead atoms. The third-order valence-electron chi connectivity index (χ3n) is 4.21. The van der Waals surface area contributed by atoms with Gasteiger partial charge in [-0.1, -0.05) is 11.2 Å². The van der Waals surface area contributed by atoms with Gasteiger partial charge < -0.3 is 9.42 Å². The number of carbonyl (C=O) groups is 1. The number of aromatic nitrogens is 2. The van der Waals surface area contributed by atoms with Gasteiger partial charge in [0.1, 0.15) is 5.76 Å². The van der Waals surface area contributed by atoms with Gasteiger partial charge in [0.15, 0.2) is 0 Å². The van der Waals surface area contributed by atoms with Gasteiger partial charge in [-0.05, 0) is 38.1 Å². The molecule has 0 spiro atoms. The lowest BCUT2D eigenvalue weighted by atomic mass is 10.0. The van der Waals surface area contributed by atoms with Crippen LogP contribution in [0.4, 0.5) is 18.9 Å². The van der Waals surface area contributed by atoms with Gasteiger partial charge in [-0.25, -0.2) is 0 Å². The number of hydrogen-bond acceptors (Lipinski definition) is 4. The SMILES string of the molecule is Cc1noc(C)c1-c1ccncc1N(C)C(=O)c1cccc(C(F)(F)F)c1. The molecule has 0 atom stereocenters. The van der Waals surface area contributed by atoms with Crippen molar-refractivity contribution in [3.8, 4) is 11.1 Å². The Morgan fingerprint density at radius 1 is 1.19 bits per heavy atom. The molecule has 2 aromatic heterocycles. The summed E-state index contributed by atoms with van der Waals surface area (Å²) in [5, 5.41) is 3.91. The zero-order valence-corrected chi connectivity index (χ0v) is 14.8. The van der Waals surface area contributed by atoms with E-state index >= 15 is 0 Å². The summed E-state index contributed by atoms with van der Waals surface area (Å²) in [6, 6.07) is 6.03. The normalized spacial score (nSPS) is 11.5. The maximum Gasteiger partial charge on any atom is 0.416 e. The number of aryl methyl sites for hydroxylation is 2. The van der Waals surface area contributed by atoms with E-state index in [1.807, 2.05) is 0 Å². The van der Waals surface area contributed by atoms with Crippen molar-refractivity contribution in [1.29, 1.82) is 0 Å². The Kier molecular flexibility index (Phi) is 4.73. The van der Waals surface area contributed by atoms with Crippen molar-refractivity contribution >= 4 is 11.6 Å². The lowest BCUT2D eigenvalue weighted by Gasteiger charge is -2.21. The van der Waals surface area contributed by atoms with Crippen LogP contribution in [0.3, 0.4) is 0 Å². The van der Waals surface area contributed by atoms with Gasteiger partial charge in [0.05, 0.1) is 23.1 Å². The minimum Gasteiger partial charge on any atom is -0.361 e. The molecule has 0 saturated carbocycles. The van der Waals surface area contributed by atoms with Gasteiger partial charge in [0.25, 0.3) is 5.91 Å². The van der Waals surface area contributed by atoms with E-state index in [2.05, 4.69) is 10.1 Å². The van der Waals surface area contributed by atoms with Crippen molar-refractivity contribution in [2.24, 2.45) is 0 Å². The molecule has 0 radical (unpaired) electrons. The molecule has 3 aromatic rings. The van der Waals surface area contributed by atoms with E-state index in [9.17, 15) is 18.0 Å². The van der Waals surface area contributed by atoms with E-state index in [-0.39, 0.29) is 5.56 Å². The summed E-state index contributed by atoms with van der Waals surface area (Å²) in [6.45, 7) is 3.51. The number of halogens is 3. The van der Waals surface area contributed by atoms with Gasteiger partial charge in [0.2, 0.25) is 0 Å². The molecule has 0 fully saturated rings. The summed E-state index contributed by atoms with van der Waals surface area (Å²) >= 11 is 0. The van der Waals surface area contributed by atoms with Crippen LogP contribution in [-0.4, -0.2) is 23.1 Å². The molecule has 3 rings (SSSR count). The van der Waals surface area contributed by atoms with Crippen LogP contribution in [0.25, 0.3) is 11.1 Å². The molecule has 8 heteroatoms. The fourth-order valence-corrected chi connectivity index (χ4v) is 2.86. The molecule has 0 aliphatic rings. The molecule has 2 heterocycles. The highest BCUT2D eigenvalue weighted by molar-refractivity contribution is 6.07. The van der Waals surface area contributed by atoms with Gasteiger partial charge in [-0.3, -0.25) is 9.78 Å². The predicted octanol–water partition coefficient (Wildman–Crippen LogP) is 4.65. The molecule has 0 N–H and O–H groups in total. The van der Waals surface area contributed by atoms with Crippen molar-refractivity contribution < 1.29 is 22.5 Å². The number of hydrogen-bond donors (Lipinski definition) is 0. The molecule has 0 aliphatic carbocycles. The van der Waals surface area contributed by atoms with E-state index in [4.69, 9.17) is 4.52 Å². The Hall–Kier alpha value is -3.16. The maximum absolute atomic E-state index is 12.9. The summed E-state index contributed by atoms with van der Waals surface area (Å²) in [5.41, 5.74) is 1.51. The van der Waals surface area contributed by atoms with Crippen LogP contribution in [0.2, 0.25) is 0 Å². The highest BCUT2D eigenvalue weighted by Gasteiger charge is 2.31. The zero-order valence-electron chi connectivity index (χ0n) is 14.8. The van der Waals surface area contributed by atoms with E-state index in [1.54, 1.807) is 26.1 Å². The zero-order chi connectivity index (χ0) is 19.8. The van der Waals surface area contributed by atoms with E-state index in [0.717, 1.165) is 17.7 Å². The van der Waals surface area contributed by atoms with Gasteiger partial charge in [-0.15, -0.1) is 0 Å². The van der Waals surface area contributed by atoms with Crippen molar-refractivity contribution in [3.63, 3.8) is 0 Å². The van der Waals surface area contributed by atoms with Crippen LogP contribution in [-0.2, 0) is 6.18 Å². The first kappa shape index (κ1) is 18.6. The van der Waals surface area contributed by atoms with Crippen molar-refractivity contribution in [1.82, 2.24) is 10.1 Å². The summed E-state index contributed by atoms with van der Waals surface area (Å²) in [4.78, 5) is 18.1. The third kappa shape index (κ3) is 3.55.